The van der Waals surface area contributed by atoms with Crippen molar-refractivity contribution in [2.24, 2.45) is 0 Å². The molecule has 1 nitrogen and oxygen atoms in total. The van der Waals surface area contributed by atoms with E-state index in [1.807, 2.05) is 0 Å². The Morgan fingerprint density at radius 2 is 0.953 bits per heavy atom. The molecule has 0 fully saturated rings. The first-order chi connectivity index (χ1) is 28.8. The Morgan fingerprint density at radius 1 is 0.395 bits per heavy atom. The van der Waals surface area contributed by atoms with Crippen LogP contribution in [0.3, 0.4) is 0 Å². The smallest absolute Gasteiger partial charge is 0.135 e. The first-order valence-electron chi connectivity index (χ1n) is 22.3. The van der Waals surface area contributed by atoms with Crippen LogP contribution in [0.25, 0.3) is 87.6 Å². The lowest BCUT2D eigenvalue weighted by atomic mass is 9.84. The van der Waals surface area contributed by atoms with Crippen molar-refractivity contribution in [3.63, 3.8) is 0 Å². The topological polar surface area (TPSA) is 13.1 Å². The molecule has 8 aromatic carbocycles. The third-order valence-corrected chi connectivity index (χ3v) is 7.50. The van der Waals surface area contributed by atoms with E-state index in [0.29, 0.717) is 21.5 Å². The summed E-state index contributed by atoms with van der Waals surface area (Å²) in [6, 6.07) is 2.62. The summed E-state index contributed by atoms with van der Waals surface area (Å²) < 4.78 is 164. The van der Waals surface area contributed by atoms with E-state index in [4.69, 9.17) is 22.2 Å². The molecule has 0 spiro atoms. The van der Waals surface area contributed by atoms with Crippen LogP contribution >= 0.6 is 0 Å². The van der Waals surface area contributed by atoms with Gasteiger partial charge in [-0.15, -0.1) is 0 Å². The van der Waals surface area contributed by atoms with Crippen LogP contribution < -0.4 is 0 Å². The Bertz CT molecular complexity index is 3420. The minimum atomic E-state index is -0.690. The van der Waals surface area contributed by atoms with E-state index in [1.165, 1.54) is 0 Å². The molecule has 200 valence electrons. The fraction of sp³-hybridized carbons (Fsp3) is 0. The van der Waals surface area contributed by atoms with Crippen molar-refractivity contribution in [2.75, 3.05) is 0 Å². The zero-order chi connectivity index (χ0) is 44.0. The summed E-state index contributed by atoms with van der Waals surface area (Å²) in [4.78, 5) is 0. The van der Waals surface area contributed by atoms with Crippen LogP contribution in [-0.4, -0.2) is 0 Å². The highest BCUT2D eigenvalue weighted by Crippen LogP contribution is 2.45. The molecular formula is C42H26O. The van der Waals surface area contributed by atoms with Gasteiger partial charge < -0.3 is 4.42 Å². The summed E-state index contributed by atoms with van der Waals surface area (Å²) in [6.45, 7) is 0. The van der Waals surface area contributed by atoms with Crippen LogP contribution in [0.15, 0.2) is 162 Å². The Balaban J connectivity index is 1.40. The Labute approximate surface area is 274 Å². The summed E-state index contributed by atoms with van der Waals surface area (Å²) >= 11 is 0. The number of furan rings is 1. The molecule has 9 rings (SSSR count). The van der Waals surface area contributed by atoms with Gasteiger partial charge in [-0.1, -0.05) is 139 Å². The Kier molecular flexibility index (Phi) is 2.70. The minimum Gasteiger partial charge on any atom is -0.456 e. The highest BCUT2D eigenvalue weighted by Gasteiger charge is 2.18. The lowest BCUT2D eigenvalue weighted by Gasteiger charge is -2.19. The highest BCUT2D eigenvalue weighted by molar-refractivity contribution is 6.23. The number of hydrogen-bond donors (Lipinski definition) is 0. The van der Waals surface area contributed by atoms with Gasteiger partial charge in [0.2, 0.25) is 0 Å². The zero-order valence-electron chi connectivity index (χ0n) is 40.0. The van der Waals surface area contributed by atoms with Crippen molar-refractivity contribution in [2.45, 2.75) is 0 Å². The number of benzene rings is 8. The molecule has 1 heteroatoms. The van der Waals surface area contributed by atoms with E-state index >= 15 is 0 Å². The van der Waals surface area contributed by atoms with Crippen molar-refractivity contribution in [3.8, 4) is 33.4 Å². The lowest BCUT2D eigenvalue weighted by Crippen LogP contribution is -1.91. The van der Waals surface area contributed by atoms with Gasteiger partial charge in [-0.3, -0.25) is 0 Å². The van der Waals surface area contributed by atoms with Gasteiger partial charge in [-0.25, -0.2) is 0 Å². The fourth-order valence-electron chi connectivity index (χ4n) is 5.66. The molecular weight excluding hydrogens is 520 g/mol. The Morgan fingerprint density at radius 3 is 1.70 bits per heavy atom. The van der Waals surface area contributed by atoms with Crippen LogP contribution in [-0.2, 0) is 0 Å². The molecule has 1 heterocycles. The molecule has 1 aromatic heterocycles. The highest BCUT2D eigenvalue weighted by atomic mass is 16.3. The van der Waals surface area contributed by atoms with Gasteiger partial charge in [0.25, 0.3) is 0 Å². The van der Waals surface area contributed by atoms with E-state index in [2.05, 4.69) is 0 Å². The summed E-state index contributed by atoms with van der Waals surface area (Å²) in [7, 11) is 0. The molecule has 0 saturated carbocycles. The average molecular weight is 565 g/mol. The fourth-order valence-corrected chi connectivity index (χ4v) is 5.66. The molecule has 0 saturated heterocycles. The molecule has 0 atom stereocenters. The summed E-state index contributed by atoms with van der Waals surface area (Å²) in [6.07, 6.45) is 0. The molecule has 0 unspecified atom stereocenters. The molecule has 0 bridgehead atoms. The van der Waals surface area contributed by atoms with Crippen LogP contribution in [0.5, 0.6) is 0 Å². The van der Waals surface area contributed by atoms with Crippen molar-refractivity contribution in [3.05, 3.63) is 157 Å². The van der Waals surface area contributed by atoms with E-state index in [1.54, 1.807) is 48.5 Å². The quantitative estimate of drug-likeness (QED) is 0.195. The molecule has 0 aliphatic rings. The van der Waals surface area contributed by atoms with Gasteiger partial charge in [0.1, 0.15) is 11.2 Å². The summed E-state index contributed by atoms with van der Waals surface area (Å²) in [5.41, 5.74) is -1.45. The first kappa shape index (κ1) is 12.3. The second-order valence-corrected chi connectivity index (χ2v) is 9.85. The van der Waals surface area contributed by atoms with Crippen molar-refractivity contribution in [1.82, 2.24) is 0 Å². The van der Waals surface area contributed by atoms with Gasteiger partial charge >= 0.3 is 0 Å². The van der Waals surface area contributed by atoms with Crippen LogP contribution in [0, 0.1) is 0 Å². The molecule has 0 aliphatic heterocycles. The largest absolute Gasteiger partial charge is 0.456 e. The molecule has 0 aliphatic carbocycles. The van der Waals surface area contributed by atoms with E-state index < -0.39 is 120 Å². The maximum atomic E-state index is 9.45. The summed E-state index contributed by atoms with van der Waals surface area (Å²) in [5, 5.41) is 0.531. The van der Waals surface area contributed by atoms with E-state index in [-0.39, 0.29) is 55.0 Å². The SMILES string of the molecule is [2H]c1c([2H])c(-c2c3ccccc3c(-c3c([2H])c([2H])c([2H])c4c([2H])c([2H])c([2H])c([2H])c34)c3ccccc23)c([2H])c([2H])c1-c1c([2H])c([2H])c2oc3c([2H])c([2H])c([2H])c([2H])c3c2c1[2H]. The molecule has 0 N–H and O–H groups in total. The van der Waals surface area contributed by atoms with Crippen LogP contribution in [0.1, 0.15) is 24.7 Å². The number of rotatable bonds is 3. The number of fused-ring (bicyclic) bond motifs is 6. The second kappa shape index (κ2) is 9.44. The number of hydrogen-bond acceptors (Lipinski definition) is 1. The minimum absolute atomic E-state index is 0.0407. The van der Waals surface area contributed by atoms with Gasteiger partial charge in [-0.2, -0.15) is 0 Å². The van der Waals surface area contributed by atoms with Gasteiger partial charge in [-0.05, 0) is 83.8 Å². The van der Waals surface area contributed by atoms with Gasteiger partial charge in [0.05, 0.1) is 24.7 Å². The third kappa shape index (κ3) is 3.72. The third-order valence-electron chi connectivity index (χ3n) is 7.50. The second-order valence-electron chi connectivity index (χ2n) is 9.85. The predicted octanol–water partition coefficient (Wildman–Crippen LogP) is 12.0. The normalized spacial score (nSPS) is 17.6. The van der Waals surface area contributed by atoms with Crippen molar-refractivity contribution in [1.29, 1.82) is 0 Å². The predicted molar refractivity (Wildman–Crippen MR) is 183 cm³/mol. The van der Waals surface area contributed by atoms with Gasteiger partial charge in [0, 0.05) is 10.8 Å². The van der Waals surface area contributed by atoms with Gasteiger partial charge in [0.15, 0.2) is 0 Å². The summed E-state index contributed by atoms with van der Waals surface area (Å²) in [5.74, 6) is 0. The monoisotopic (exact) mass is 564 g/mol. The van der Waals surface area contributed by atoms with Crippen LogP contribution in [0.4, 0.5) is 0 Å². The molecule has 9 aromatic rings. The van der Waals surface area contributed by atoms with E-state index in [0.717, 1.165) is 0 Å². The standard InChI is InChI=1S/C42H26O/c1-2-12-31-28(10-1)11-9-18-33(31)42-36-16-5-3-14-34(36)41(35-15-4-6-17-37(35)42)29-22-20-27(21-23-29)30-24-25-40-38(26-30)32-13-7-8-19-39(32)43-40/h1-26H/i1D,2D,7D,8D,9D,10D,11D,12D,13D,18D,19D,20D,21D,22D,23D,24D,25D,26D. The average Bonchev–Trinajstić information content (AvgIpc) is 3.66. The van der Waals surface area contributed by atoms with E-state index in [9.17, 15) is 6.85 Å². The lowest BCUT2D eigenvalue weighted by molar-refractivity contribution is 0.669. The first-order valence-corrected chi connectivity index (χ1v) is 13.3. The molecule has 0 radical (unpaired) electrons. The molecule has 0 amide bonds. The Hall–Kier alpha value is -5.66. The number of para-hydroxylation sites is 1. The molecule has 43 heavy (non-hydrogen) atoms. The maximum absolute atomic E-state index is 9.45. The van der Waals surface area contributed by atoms with Crippen molar-refractivity contribution < 1.29 is 29.1 Å². The van der Waals surface area contributed by atoms with Crippen molar-refractivity contribution >= 4 is 54.3 Å². The maximum Gasteiger partial charge on any atom is 0.135 e. The van der Waals surface area contributed by atoms with Crippen LogP contribution in [0.2, 0.25) is 0 Å². The zero-order valence-corrected chi connectivity index (χ0v) is 22.0.